The third kappa shape index (κ3) is 4.10. The second-order valence-corrected chi connectivity index (χ2v) is 9.94. The Morgan fingerprint density at radius 2 is 1.65 bits per heavy atom. The number of rotatable bonds is 5. The lowest BCUT2D eigenvalue weighted by atomic mass is 9.97. The number of anilines is 1. The van der Waals surface area contributed by atoms with Crippen molar-refractivity contribution in [2.45, 2.75) is 39.7 Å². The number of aromatic nitrogens is 2. The zero-order chi connectivity index (χ0) is 25.5. The number of hydrogen-bond acceptors (Lipinski definition) is 2. The summed E-state index contributed by atoms with van der Waals surface area (Å²) in [7, 11) is 1.68. The van der Waals surface area contributed by atoms with E-state index in [1.54, 1.807) is 7.11 Å². The van der Waals surface area contributed by atoms with Crippen molar-refractivity contribution in [3.63, 3.8) is 0 Å². The standard InChI is InChI=1S/C32H31N3O2/c1-21-10-12-24(13-11-21)29-27-9-4-5-18-34-28(23-14-16-26(37-3)17-15-23)20-35(32(27)34)30(29)31(36)33-25-8-6-7-22(2)19-25/h6-8,10-17,19-20H,4-5,9,18H2,1-3H3,(H,33,36). The number of amides is 1. The van der Waals surface area contributed by atoms with Gasteiger partial charge in [0.15, 0.2) is 0 Å². The molecule has 5 heteroatoms. The van der Waals surface area contributed by atoms with Crippen LogP contribution in [0.15, 0.2) is 79.0 Å². The van der Waals surface area contributed by atoms with Crippen LogP contribution in [0, 0.1) is 13.8 Å². The SMILES string of the molecule is COc1ccc(-c2cn3c(C(=O)Nc4cccc(C)c4)c(-c4ccc(C)cc4)c4c3n2CCCC4)cc1. The molecular weight excluding hydrogens is 458 g/mol. The first-order chi connectivity index (χ1) is 18.0. The van der Waals surface area contributed by atoms with Crippen LogP contribution in [0.1, 0.15) is 40.0 Å². The maximum atomic E-state index is 14.0. The summed E-state index contributed by atoms with van der Waals surface area (Å²) in [6, 6.07) is 24.7. The second kappa shape index (κ2) is 9.32. The van der Waals surface area contributed by atoms with Gasteiger partial charge in [-0.15, -0.1) is 0 Å². The molecule has 0 saturated heterocycles. The number of ether oxygens (including phenoxy) is 1. The zero-order valence-corrected chi connectivity index (χ0v) is 21.5. The predicted octanol–water partition coefficient (Wildman–Crippen LogP) is 7.29. The number of hydrogen-bond donors (Lipinski definition) is 1. The van der Waals surface area contributed by atoms with Gasteiger partial charge >= 0.3 is 0 Å². The van der Waals surface area contributed by atoms with Crippen LogP contribution >= 0.6 is 0 Å². The molecule has 0 bridgehead atoms. The predicted molar refractivity (Wildman–Crippen MR) is 150 cm³/mol. The molecule has 37 heavy (non-hydrogen) atoms. The third-order valence-corrected chi connectivity index (χ3v) is 7.35. The van der Waals surface area contributed by atoms with Crippen molar-refractivity contribution in [1.29, 1.82) is 0 Å². The molecule has 5 nitrogen and oxygen atoms in total. The van der Waals surface area contributed by atoms with Crippen molar-refractivity contribution in [2.75, 3.05) is 12.4 Å². The van der Waals surface area contributed by atoms with Gasteiger partial charge in [0.2, 0.25) is 0 Å². The van der Waals surface area contributed by atoms with Gasteiger partial charge in [-0.2, -0.15) is 0 Å². The first-order valence-corrected chi connectivity index (χ1v) is 12.9. The Hall–Kier alpha value is -4.25. The number of methoxy groups -OCH3 is 1. The van der Waals surface area contributed by atoms with Crippen molar-refractivity contribution < 1.29 is 9.53 Å². The summed E-state index contributed by atoms with van der Waals surface area (Å²) in [5.41, 5.74) is 10.5. The summed E-state index contributed by atoms with van der Waals surface area (Å²) < 4.78 is 9.90. The zero-order valence-electron chi connectivity index (χ0n) is 21.5. The molecule has 0 aliphatic carbocycles. The van der Waals surface area contributed by atoms with E-state index in [2.05, 4.69) is 63.8 Å². The van der Waals surface area contributed by atoms with E-state index < -0.39 is 0 Å². The van der Waals surface area contributed by atoms with Gasteiger partial charge in [0.05, 0.1) is 12.8 Å². The molecule has 1 aliphatic heterocycles. The minimum Gasteiger partial charge on any atom is -0.497 e. The lowest BCUT2D eigenvalue weighted by molar-refractivity contribution is 0.102. The lowest BCUT2D eigenvalue weighted by Crippen LogP contribution is -2.15. The average Bonchev–Trinajstić information content (AvgIpc) is 3.32. The summed E-state index contributed by atoms with van der Waals surface area (Å²) in [4.78, 5) is 14.0. The Kier molecular flexibility index (Phi) is 5.84. The van der Waals surface area contributed by atoms with Crippen molar-refractivity contribution in [3.8, 4) is 28.1 Å². The highest BCUT2D eigenvalue weighted by molar-refractivity contribution is 6.10. The van der Waals surface area contributed by atoms with Gasteiger partial charge in [-0.05, 0) is 86.2 Å². The van der Waals surface area contributed by atoms with E-state index in [0.717, 1.165) is 70.8 Å². The Morgan fingerprint density at radius 3 is 2.38 bits per heavy atom. The molecule has 0 unspecified atom stereocenters. The number of imidazole rings is 1. The molecule has 0 atom stereocenters. The number of nitrogens with zero attached hydrogens (tertiary/aromatic N) is 2. The van der Waals surface area contributed by atoms with E-state index in [1.807, 2.05) is 43.3 Å². The van der Waals surface area contributed by atoms with Gasteiger partial charge in [-0.25, -0.2) is 0 Å². The molecule has 3 heterocycles. The fraction of sp³-hybridized carbons (Fsp3) is 0.219. The molecule has 5 aromatic rings. The van der Waals surface area contributed by atoms with Crippen LogP contribution in [0.25, 0.3) is 28.0 Å². The number of carbonyl (C=O) groups is 1. The van der Waals surface area contributed by atoms with Gasteiger partial charge in [-0.1, -0.05) is 42.0 Å². The lowest BCUT2D eigenvalue weighted by Gasteiger charge is -2.11. The minimum atomic E-state index is -0.0959. The molecule has 1 aliphatic rings. The summed E-state index contributed by atoms with van der Waals surface area (Å²) in [5.74, 6) is 0.736. The van der Waals surface area contributed by atoms with Gasteiger partial charge in [-0.3, -0.25) is 9.20 Å². The number of carbonyl (C=O) groups excluding carboxylic acids is 1. The van der Waals surface area contributed by atoms with E-state index in [0.29, 0.717) is 5.69 Å². The smallest absolute Gasteiger partial charge is 0.273 e. The minimum absolute atomic E-state index is 0.0959. The van der Waals surface area contributed by atoms with Gasteiger partial charge in [0, 0.05) is 29.6 Å². The highest BCUT2D eigenvalue weighted by atomic mass is 16.5. The van der Waals surface area contributed by atoms with Crippen LogP contribution in [0.2, 0.25) is 0 Å². The molecule has 3 aromatic carbocycles. The number of aryl methyl sites for hydroxylation is 4. The normalized spacial score (nSPS) is 12.9. The van der Waals surface area contributed by atoms with Crippen molar-refractivity contribution in [1.82, 2.24) is 8.97 Å². The molecule has 0 spiro atoms. The van der Waals surface area contributed by atoms with E-state index in [-0.39, 0.29) is 5.91 Å². The summed E-state index contributed by atoms with van der Waals surface area (Å²) >= 11 is 0. The molecule has 0 saturated carbocycles. The first-order valence-electron chi connectivity index (χ1n) is 12.9. The average molecular weight is 490 g/mol. The Bertz CT molecular complexity index is 1610. The molecule has 0 fully saturated rings. The van der Waals surface area contributed by atoms with Crippen molar-refractivity contribution >= 4 is 17.2 Å². The van der Waals surface area contributed by atoms with Crippen molar-refractivity contribution in [2.24, 2.45) is 0 Å². The molecule has 0 radical (unpaired) electrons. The second-order valence-electron chi connectivity index (χ2n) is 9.94. The fourth-order valence-corrected chi connectivity index (χ4v) is 5.55. The quantitative estimate of drug-likeness (QED) is 0.282. The monoisotopic (exact) mass is 489 g/mol. The van der Waals surface area contributed by atoms with Gasteiger partial charge in [0.25, 0.3) is 5.91 Å². The van der Waals surface area contributed by atoms with Crippen LogP contribution in [0.4, 0.5) is 5.69 Å². The van der Waals surface area contributed by atoms with Crippen LogP contribution in [0.3, 0.4) is 0 Å². The van der Waals surface area contributed by atoms with E-state index in [4.69, 9.17) is 4.74 Å². The molecular formula is C32H31N3O2. The molecule has 2 aromatic heterocycles. The topological polar surface area (TPSA) is 47.7 Å². The third-order valence-electron chi connectivity index (χ3n) is 7.35. The molecule has 1 amide bonds. The highest BCUT2D eigenvalue weighted by Crippen LogP contribution is 2.40. The maximum Gasteiger partial charge on any atom is 0.273 e. The van der Waals surface area contributed by atoms with E-state index in [9.17, 15) is 4.79 Å². The summed E-state index contributed by atoms with van der Waals surface area (Å²) in [6.45, 7) is 5.05. The van der Waals surface area contributed by atoms with Gasteiger partial charge < -0.3 is 14.6 Å². The first kappa shape index (κ1) is 23.2. The largest absolute Gasteiger partial charge is 0.497 e. The van der Waals surface area contributed by atoms with E-state index in [1.165, 1.54) is 11.1 Å². The van der Waals surface area contributed by atoms with Crippen LogP contribution in [-0.4, -0.2) is 22.0 Å². The number of benzene rings is 3. The fourth-order valence-electron chi connectivity index (χ4n) is 5.55. The van der Waals surface area contributed by atoms with Crippen molar-refractivity contribution in [3.05, 3.63) is 101 Å². The van der Waals surface area contributed by atoms with Crippen LogP contribution in [0.5, 0.6) is 5.75 Å². The maximum absolute atomic E-state index is 14.0. The molecule has 186 valence electrons. The number of nitrogens with one attached hydrogen (secondary N) is 1. The van der Waals surface area contributed by atoms with Crippen LogP contribution < -0.4 is 10.1 Å². The molecule has 6 rings (SSSR count). The Balaban J connectivity index is 1.59. The highest BCUT2D eigenvalue weighted by Gasteiger charge is 2.29. The Morgan fingerprint density at radius 1 is 0.892 bits per heavy atom. The van der Waals surface area contributed by atoms with E-state index >= 15 is 0 Å². The molecule has 1 N–H and O–H groups in total. The Labute approximate surface area is 217 Å². The van der Waals surface area contributed by atoms with Crippen LogP contribution in [-0.2, 0) is 13.0 Å². The summed E-state index contributed by atoms with van der Waals surface area (Å²) in [6.07, 6.45) is 5.26. The summed E-state index contributed by atoms with van der Waals surface area (Å²) in [5, 5.41) is 3.18. The van der Waals surface area contributed by atoms with Gasteiger partial charge in [0.1, 0.15) is 17.1 Å².